The van der Waals surface area contributed by atoms with Crippen LogP contribution in [0.4, 0.5) is 0 Å². The molecule has 2 aliphatic rings. The number of fused-ring (bicyclic) bond motifs is 1. The van der Waals surface area contributed by atoms with Crippen molar-refractivity contribution in [2.45, 2.75) is 58.1 Å². The minimum Gasteiger partial charge on any atom is -0.459 e. The molecule has 182 valence electrons. The zero-order chi connectivity index (χ0) is 24.6. The van der Waals surface area contributed by atoms with E-state index in [1.807, 2.05) is 43.9 Å². The third-order valence-corrected chi connectivity index (χ3v) is 6.27. The lowest BCUT2D eigenvalue weighted by atomic mass is 9.98. The number of imidazole rings is 1. The van der Waals surface area contributed by atoms with Gasteiger partial charge in [0.25, 0.3) is 0 Å². The summed E-state index contributed by atoms with van der Waals surface area (Å²) in [6.07, 6.45) is 4.06. The number of nitrogens with one attached hydrogen (secondary N) is 1. The van der Waals surface area contributed by atoms with Crippen molar-refractivity contribution in [1.82, 2.24) is 19.4 Å². The molecule has 4 rings (SSSR count). The van der Waals surface area contributed by atoms with Gasteiger partial charge in [0, 0.05) is 32.1 Å². The van der Waals surface area contributed by atoms with E-state index in [2.05, 4.69) is 11.4 Å². The van der Waals surface area contributed by atoms with Gasteiger partial charge in [0.2, 0.25) is 11.8 Å². The molecule has 0 bridgehead atoms. The Morgan fingerprint density at radius 2 is 1.94 bits per heavy atom. The van der Waals surface area contributed by atoms with Crippen molar-refractivity contribution in [3.05, 3.63) is 40.3 Å². The standard InChI is InChI=1S/C25H32N4O5/c1-25(2,3)34-21(31)15-28-13-11-16(12-14-28)17-7-5-8-18-22(17)27(4)24(33)29(18)19-9-6-10-20(30)26-23(19)32/h5,7-8,11,19H,6,9-10,12-15H2,1-4H3,(H,26,30,32). The second-order valence-corrected chi connectivity index (χ2v) is 10.0. The van der Waals surface area contributed by atoms with E-state index in [1.165, 1.54) is 4.57 Å². The summed E-state index contributed by atoms with van der Waals surface area (Å²) in [7, 11) is 1.71. The van der Waals surface area contributed by atoms with Crippen molar-refractivity contribution in [2.75, 3.05) is 19.6 Å². The molecule has 0 radical (unpaired) electrons. The largest absolute Gasteiger partial charge is 0.459 e. The van der Waals surface area contributed by atoms with Gasteiger partial charge in [-0.3, -0.25) is 33.7 Å². The van der Waals surface area contributed by atoms with Gasteiger partial charge in [-0.2, -0.15) is 0 Å². The SMILES string of the molecule is Cn1c(=O)n(C2CCCC(=O)NC2=O)c2cccc(C3=CCN(CC(=O)OC(C)(C)C)CC3)c21. The Bertz CT molecular complexity index is 1230. The highest BCUT2D eigenvalue weighted by atomic mass is 16.6. The smallest absolute Gasteiger partial charge is 0.329 e. The normalized spacial score (nSPS) is 20.1. The molecular formula is C25H32N4O5. The van der Waals surface area contributed by atoms with Gasteiger partial charge in [-0.25, -0.2) is 4.79 Å². The molecule has 1 N–H and O–H groups in total. The highest BCUT2D eigenvalue weighted by Gasteiger charge is 2.30. The van der Waals surface area contributed by atoms with E-state index in [1.54, 1.807) is 11.6 Å². The molecule has 2 aliphatic heterocycles. The topological polar surface area (TPSA) is 103 Å². The van der Waals surface area contributed by atoms with Crippen molar-refractivity contribution in [3.8, 4) is 0 Å². The van der Waals surface area contributed by atoms with Crippen LogP contribution < -0.4 is 11.0 Å². The van der Waals surface area contributed by atoms with Gasteiger partial charge < -0.3 is 4.74 Å². The van der Waals surface area contributed by atoms with E-state index in [0.29, 0.717) is 31.4 Å². The van der Waals surface area contributed by atoms with Crippen LogP contribution in [-0.4, -0.2) is 57.1 Å². The summed E-state index contributed by atoms with van der Waals surface area (Å²) in [5, 5.41) is 2.40. The van der Waals surface area contributed by atoms with Crippen molar-refractivity contribution in [2.24, 2.45) is 7.05 Å². The van der Waals surface area contributed by atoms with Gasteiger partial charge in [0.1, 0.15) is 11.6 Å². The number of hydrogen-bond donors (Lipinski definition) is 1. The number of rotatable bonds is 4. The van der Waals surface area contributed by atoms with E-state index in [0.717, 1.165) is 23.1 Å². The molecule has 1 aromatic carbocycles. The van der Waals surface area contributed by atoms with E-state index in [-0.39, 0.29) is 30.5 Å². The van der Waals surface area contributed by atoms with E-state index >= 15 is 0 Å². The minimum atomic E-state index is -0.720. The first kappa shape index (κ1) is 23.9. The Morgan fingerprint density at radius 3 is 2.62 bits per heavy atom. The van der Waals surface area contributed by atoms with Crippen LogP contribution >= 0.6 is 0 Å². The number of hydrogen-bond acceptors (Lipinski definition) is 6. The second-order valence-electron chi connectivity index (χ2n) is 10.0. The number of benzene rings is 1. The third-order valence-electron chi connectivity index (χ3n) is 6.27. The van der Waals surface area contributed by atoms with Crippen LogP contribution in [0.15, 0.2) is 29.1 Å². The van der Waals surface area contributed by atoms with E-state index in [9.17, 15) is 19.2 Å². The first-order chi connectivity index (χ1) is 16.0. The van der Waals surface area contributed by atoms with Crippen LogP contribution in [-0.2, 0) is 26.2 Å². The number of para-hydroxylation sites is 1. The maximum absolute atomic E-state index is 13.2. The van der Waals surface area contributed by atoms with Crippen molar-refractivity contribution in [3.63, 3.8) is 0 Å². The summed E-state index contributed by atoms with van der Waals surface area (Å²) < 4.78 is 8.53. The van der Waals surface area contributed by atoms with Crippen LogP contribution in [0.25, 0.3) is 16.6 Å². The number of nitrogens with zero attached hydrogens (tertiary/aromatic N) is 3. The highest BCUT2D eigenvalue weighted by molar-refractivity contribution is 5.99. The number of imide groups is 1. The Morgan fingerprint density at radius 1 is 1.18 bits per heavy atom. The molecule has 1 atom stereocenters. The number of ether oxygens (including phenoxy) is 1. The molecule has 34 heavy (non-hydrogen) atoms. The Labute approximate surface area is 198 Å². The van der Waals surface area contributed by atoms with E-state index < -0.39 is 17.6 Å². The fourth-order valence-corrected chi connectivity index (χ4v) is 4.77. The zero-order valence-corrected chi connectivity index (χ0v) is 20.2. The van der Waals surface area contributed by atoms with Gasteiger partial charge in [-0.05, 0) is 51.7 Å². The molecule has 0 spiro atoms. The number of esters is 1. The molecule has 1 fully saturated rings. The summed E-state index contributed by atoms with van der Waals surface area (Å²) in [6, 6.07) is 5.00. The lowest BCUT2D eigenvalue weighted by Gasteiger charge is -2.27. The van der Waals surface area contributed by atoms with E-state index in [4.69, 9.17) is 4.74 Å². The highest BCUT2D eigenvalue weighted by Crippen LogP contribution is 2.31. The summed E-state index contributed by atoms with van der Waals surface area (Å²) >= 11 is 0. The van der Waals surface area contributed by atoms with Gasteiger partial charge in [-0.1, -0.05) is 18.2 Å². The minimum absolute atomic E-state index is 0.232. The van der Waals surface area contributed by atoms with Gasteiger partial charge >= 0.3 is 11.7 Å². The summed E-state index contributed by atoms with van der Waals surface area (Å²) in [4.78, 5) is 51.9. The van der Waals surface area contributed by atoms with Crippen LogP contribution in [0.3, 0.4) is 0 Å². The Balaban J connectivity index is 1.63. The monoisotopic (exact) mass is 468 g/mol. The maximum Gasteiger partial charge on any atom is 0.329 e. The summed E-state index contributed by atoms with van der Waals surface area (Å²) in [5.41, 5.74) is 2.69. The number of aromatic nitrogens is 2. The maximum atomic E-state index is 13.2. The lowest BCUT2D eigenvalue weighted by Crippen LogP contribution is -2.38. The van der Waals surface area contributed by atoms with Crippen LogP contribution in [0.5, 0.6) is 0 Å². The Hall–Kier alpha value is -3.20. The molecule has 1 unspecified atom stereocenters. The fraction of sp³-hybridized carbons (Fsp3) is 0.520. The predicted molar refractivity (Wildman–Crippen MR) is 128 cm³/mol. The second kappa shape index (κ2) is 9.21. The summed E-state index contributed by atoms with van der Waals surface area (Å²) in [6.45, 7) is 7.10. The molecule has 0 saturated carbocycles. The summed E-state index contributed by atoms with van der Waals surface area (Å²) in [5.74, 6) is -0.979. The van der Waals surface area contributed by atoms with Crippen molar-refractivity contribution in [1.29, 1.82) is 0 Å². The molecule has 3 heterocycles. The average molecular weight is 469 g/mol. The van der Waals surface area contributed by atoms with Gasteiger partial charge in [0.15, 0.2) is 0 Å². The van der Waals surface area contributed by atoms with Crippen LogP contribution in [0, 0.1) is 0 Å². The number of amides is 2. The first-order valence-electron chi connectivity index (χ1n) is 11.7. The van der Waals surface area contributed by atoms with Crippen molar-refractivity contribution < 1.29 is 19.1 Å². The molecular weight excluding hydrogens is 436 g/mol. The Kier molecular flexibility index (Phi) is 6.49. The zero-order valence-electron chi connectivity index (χ0n) is 20.2. The molecule has 2 aromatic rings. The average Bonchev–Trinajstić information content (AvgIpc) is 2.88. The predicted octanol–water partition coefficient (Wildman–Crippen LogP) is 2.14. The quantitative estimate of drug-likeness (QED) is 0.545. The lowest BCUT2D eigenvalue weighted by molar-refractivity contribution is -0.156. The van der Waals surface area contributed by atoms with Crippen LogP contribution in [0.1, 0.15) is 58.1 Å². The molecule has 2 amide bonds. The number of carbonyl (C=O) groups excluding carboxylic acids is 3. The molecule has 9 heteroatoms. The number of carbonyl (C=O) groups is 3. The molecule has 1 aromatic heterocycles. The van der Waals surface area contributed by atoms with Crippen molar-refractivity contribution >= 4 is 34.4 Å². The molecule has 0 aliphatic carbocycles. The first-order valence-corrected chi connectivity index (χ1v) is 11.7. The third kappa shape index (κ3) is 4.84. The number of aryl methyl sites for hydroxylation is 1. The van der Waals surface area contributed by atoms with Gasteiger partial charge in [0.05, 0.1) is 17.6 Å². The van der Waals surface area contributed by atoms with Gasteiger partial charge in [-0.15, -0.1) is 0 Å². The molecule has 1 saturated heterocycles. The molecule has 9 nitrogen and oxygen atoms in total. The fourth-order valence-electron chi connectivity index (χ4n) is 4.77. The van der Waals surface area contributed by atoms with Crippen LogP contribution in [0.2, 0.25) is 0 Å².